The second kappa shape index (κ2) is 19.3. The molecule has 14 heteroatoms. The molecule has 0 aromatic rings. The largest absolute Gasteiger partial charge is 0.481 e. The highest BCUT2D eigenvalue weighted by atomic mass is 32.2. The monoisotopic (exact) mass is 490 g/mol. The van der Waals surface area contributed by atoms with E-state index in [9.17, 15) is 22.8 Å². The summed E-state index contributed by atoms with van der Waals surface area (Å²) in [7, 11) is -4.46. The van der Waals surface area contributed by atoms with E-state index in [1.165, 1.54) is 6.92 Å². The van der Waals surface area contributed by atoms with Gasteiger partial charge in [0.05, 0.1) is 12.4 Å². The smallest absolute Gasteiger partial charge is 0.303 e. The van der Waals surface area contributed by atoms with Gasteiger partial charge >= 0.3 is 17.9 Å². The van der Waals surface area contributed by atoms with E-state index in [0.29, 0.717) is 25.1 Å². The first-order valence-electron chi connectivity index (χ1n) is 9.78. The average molecular weight is 491 g/mol. The maximum Gasteiger partial charge on any atom is 0.303 e. The van der Waals surface area contributed by atoms with Crippen LogP contribution >= 0.6 is 7.92 Å². The van der Waals surface area contributed by atoms with Crippen LogP contribution in [0.2, 0.25) is 0 Å². The van der Waals surface area contributed by atoms with Crippen LogP contribution in [-0.4, -0.2) is 120 Å². The van der Waals surface area contributed by atoms with E-state index >= 15 is 0 Å². The Hall–Kier alpha value is -1.37. The summed E-state index contributed by atoms with van der Waals surface area (Å²) in [5.74, 6) is -3.00. The summed E-state index contributed by atoms with van der Waals surface area (Å²) in [5, 5.41) is 37.3. The van der Waals surface area contributed by atoms with Crippen molar-refractivity contribution < 1.29 is 47.8 Å². The van der Waals surface area contributed by atoms with Crippen LogP contribution in [0.1, 0.15) is 26.2 Å². The van der Waals surface area contributed by atoms with Crippen LogP contribution in [-0.2, 0) is 24.5 Å². The minimum absolute atomic E-state index is 0.0229. The highest BCUT2D eigenvalue weighted by Gasteiger charge is 2.13. The molecule has 1 heterocycles. The number of carboxylic acids is 3. The molecular formula is C17H35N2O10PS. The predicted octanol–water partition coefficient (Wildman–Crippen LogP) is -0.330. The molecule has 1 saturated heterocycles. The van der Waals surface area contributed by atoms with Gasteiger partial charge in [0, 0.05) is 52.0 Å². The number of aliphatic hydroxyl groups is 1. The second-order valence-corrected chi connectivity index (χ2v) is 10.9. The fourth-order valence-electron chi connectivity index (χ4n) is 2.17. The third-order valence-electron chi connectivity index (χ3n) is 3.92. The van der Waals surface area contributed by atoms with Crippen molar-refractivity contribution in [2.24, 2.45) is 0 Å². The van der Waals surface area contributed by atoms with Crippen LogP contribution in [0.4, 0.5) is 0 Å². The average Bonchev–Trinajstić information content (AvgIpc) is 2.68. The molecule has 6 N–H and O–H groups in total. The van der Waals surface area contributed by atoms with E-state index in [1.807, 2.05) is 0 Å². The molecule has 0 bridgehead atoms. The minimum atomic E-state index is -3.66. The molecule has 1 aliphatic heterocycles. The maximum absolute atomic E-state index is 10.4. The van der Waals surface area contributed by atoms with Gasteiger partial charge in [-0.1, -0.05) is 0 Å². The zero-order chi connectivity index (χ0) is 24.3. The van der Waals surface area contributed by atoms with Crippen LogP contribution in [0, 0.1) is 0 Å². The molecule has 0 unspecified atom stereocenters. The van der Waals surface area contributed by atoms with Gasteiger partial charge < -0.3 is 25.7 Å². The molecule has 1 aliphatic rings. The highest BCUT2D eigenvalue weighted by molar-refractivity contribution is 7.85. The summed E-state index contributed by atoms with van der Waals surface area (Å²) in [6.45, 7) is 6.80. The topological polar surface area (TPSA) is 202 Å². The van der Waals surface area contributed by atoms with Gasteiger partial charge in [-0.2, -0.15) is 8.42 Å². The Bertz CT molecular complexity index is 566. The molecule has 12 nitrogen and oxygen atoms in total. The van der Waals surface area contributed by atoms with Crippen molar-refractivity contribution in [1.82, 2.24) is 10.2 Å². The number of β-amino-alcohol motifs (C(OH)–C–C–N with tert-alkyl or cyclic N) is 1. The van der Waals surface area contributed by atoms with Gasteiger partial charge in [-0.25, -0.2) is 0 Å². The van der Waals surface area contributed by atoms with Crippen LogP contribution < -0.4 is 5.32 Å². The number of hydrogen-bond acceptors (Lipinski definition) is 8. The lowest BCUT2D eigenvalue weighted by Crippen LogP contribution is -2.44. The van der Waals surface area contributed by atoms with Gasteiger partial charge in [0.15, 0.2) is 0 Å². The van der Waals surface area contributed by atoms with Crippen LogP contribution in [0.3, 0.4) is 0 Å². The molecule has 0 spiro atoms. The SMILES string of the molecule is CCS(=O)(=O)O.O=C(O)CCP(CCC(=O)O)CCC(=O)O.OCCN1CCNCC1. The van der Waals surface area contributed by atoms with Crippen molar-refractivity contribution in [1.29, 1.82) is 0 Å². The van der Waals surface area contributed by atoms with E-state index in [1.54, 1.807) is 0 Å². The van der Waals surface area contributed by atoms with Gasteiger partial charge in [0.25, 0.3) is 10.1 Å². The molecule has 0 radical (unpaired) electrons. The van der Waals surface area contributed by atoms with E-state index in [-0.39, 0.29) is 25.0 Å². The van der Waals surface area contributed by atoms with E-state index in [2.05, 4.69) is 10.2 Å². The molecule has 0 amide bonds. The van der Waals surface area contributed by atoms with Gasteiger partial charge in [0.2, 0.25) is 0 Å². The zero-order valence-corrected chi connectivity index (χ0v) is 19.5. The number of nitrogens with one attached hydrogen (secondary N) is 1. The molecule has 0 aliphatic carbocycles. The number of aliphatic hydroxyl groups excluding tert-OH is 1. The maximum atomic E-state index is 10.4. The first kappa shape index (κ1) is 31.8. The van der Waals surface area contributed by atoms with Gasteiger partial charge in [-0.05, 0) is 25.4 Å². The number of hydrogen-bond donors (Lipinski definition) is 6. The van der Waals surface area contributed by atoms with Crippen LogP contribution in [0.15, 0.2) is 0 Å². The summed E-state index contributed by atoms with van der Waals surface area (Å²) >= 11 is 0. The van der Waals surface area contributed by atoms with Crippen molar-refractivity contribution >= 4 is 35.9 Å². The molecule has 0 atom stereocenters. The zero-order valence-electron chi connectivity index (χ0n) is 17.8. The molecule has 0 aromatic carbocycles. The summed E-state index contributed by atoms with van der Waals surface area (Å²) in [5.41, 5.74) is 0. The number of aliphatic carboxylic acids is 3. The number of carboxylic acid groups (broad SMARTS) is 3. The Balaban J connectivity index is 0. The van der Waals surface area contributed by atoms with Gasteiger partial charge in [-0.15, -0.1) is 7.92 Å². The quantitative estimate of drug-likeness (QED) is 0.154. The van der Waals surface area contributed by atoms with E-state index < -0.39 is 35.9 Å². The summed E-state index contributed by atoms with van der Waals surface area (Å²) in [6.07, 6.45) is 1.11. The molecule has 184 valence electrons. The van der Waals surface area contributed by atoms with Crippen molar-refractivity contribution in [3.05, 3.63) is 0 Å². The minimum Gasteiger partial charge on any atom is -0.481 e. The van der Waals surface area contributed by atoms with Crippen molar-refractivity contribution in [3.8, 4) is 0 Å². The summed E-state index contributed by atoms with van der Waals surface area (Å²) < 4.78 is 26.9. The van der Waals surface area contributed by atoms with Crippen LogP contribution in [0.25, 0.3) is 0 Å². The van der Waals surface area contributed by atoms with E-state index in [0.717, 1.165) is 32.7 Å². The lowest BCUT2D eigenvalue weighted by Gasteiger charge is -2.25. The molecule has 31 heavy (non-hydrogen) atoms. The van der Waals surface area contributed by atoms with Gasteiger partial charge in [-0.3, -0.25) is 23.8 Å². The highest BCUT2D eigenvalue weighted by Crippen LogP contribution is 2.37. The second-order valence-electron chi connectivity index (χ2n) is 6.46. The van der Waals surface area contributed by atoms with Crippen molar-refractivity contribution in [2.75, 3.05) is 63.6 Å². The first-order chi connectivity index (χ1) is 14.4. The normalized spacial score (nSPS) is 14.1. The van der Waals surface area contributed by atoms with Gasteiger partial charge in [0.1, 0.15) is 0 Å². The van der Waals surface area contributed by atoms with Crippen molar-refractivity contribution in [3.63, 3.8) is 0 Å². The number of carbonyl (C=O) groups is 3. The number of nitrogens with zero attached hydrogens (tertiary/aromatic N) is 1. The summed E-state index contributed by atoms with van der Waals surface area (Å²) in [4.78, 5) is 33.3. The van der Waals surface area contributed by atoms with Crippen LogP contribution in [0.5, 0.6) is 0 Å². The molecule has 0 aromatic heterocycles. The Morgan fingerprint density at radius 1 is 0.903 bits per heavy atom. The molecule has 1 rings (SSSR count). The number of rotatable bonds is 12. The first-order valence-corrected chi connectivity index (χ1v) is 13.3. The Labute approximate surface area is 184 Å². The lowest BCUT2D eigenvalue weighted by molar-refractivity contribution is -0.137. The lowest BCUT2D eigenvalue weighted by atomic mass is 10.4. The Morgan fingerprint density at radius 3 is 1.52 bits per heavy atom. The van der Waals surface area contributed by atoms with E-state index in [4.69, 9.17) is 25.0 Å². The molecule has 1 fully saturated rings. The fourth-order valence-corrected chi connectivity index (χ4v) is 4.37. The Morgan fingerprint density at radius 2 is 1.26 bits per heavy atom. The molecule has 0 saturated carbocycles. The Kier molecular flexibility index (Phi) is 19.8. The number of piperazine rings is 1. The van der Waals surface area contributed by atoms with Crippen molar-refractivity contribution in [2.45, 2.75) is 26.2 Å². The third-order valence-corrected chi connectivity index (χ3v) is 7.21. The fraction of sp³-hybridized carbons (Fsp3) is 0.824. The summed E-state index contributed by atoms with van der Waals surface area (Å²) in [6, 6.07) is 0. The predicted molar refractivity (Wildman–Crippen MR) is 117 cm³/mol. The molecular weight excluding hydrogens is 455 g/mol. The third kappa shape index (κ3) is 26.6. The standard InChI is InChI=1S/C9H15O6P.C6H14N2O.C2H6O3S/c10-7(11)1-4-16(5-2-8(12)13)6-3-9(14)15;9-6-5-8-3-1-7-2-4-8;1-2-6(3,4)5/h1-6H2,(H,10,11)(H,12,13)(H,14,15);7,9H,1-6H2;2H2,1H3,(H,3,4,5).